The fourth-order valence-corrected chi connectivity index (χ4v) is 5.37. The van der Waals surface area contributed by atoms with Crippen molar-refractivity contribution >= 4 is 29.3 Å². The van der Waals surface area contributed by atoms with Crippen molar-refractivity contribution in [2.75, 3.05) is 43.5 Å². The van der Waals surface area contributed by atoms with E-state index in [-0.39, 0.29) is 35.4 Å². The highest BCUT2D eigenvalue weighted by Crippen LogP contribution is 2.30. The zero-order valence-corrected chi connectivity index (χ0v) is 24.2. The molecule has 0 aromatic heterocycles. The molecule has 0 unspecified atom stereocenters. The van der Waals surface area contributed by atoms with Crippen LogP contribution >= 0.6 is 0 Å². The summed E-state index contributed by atoms with van der Waals surface area (Å²) in [4.78, 5) is 42.5. The summed E-state index contributed by atoms with van der Waals surface area (Å²) in [5.41, 5.74) is 9.56. The van der Waals surface area contributed by atoms with Gasteiger partial charge in [-0.3, -0.25) is 9.59 Å². The summed E-state index contributed by atoms with van der Waals surface area (Å²) in [5.74, 6) is -0.406. The van der Waals surface area contributed by atoms with E-state index >= 15 is 0 Å². The molecule has 9 heteroatoms. The third kappa shape index (κ3) is 7.33. The van der Waals surface area contributed by atoms with E-state index in [1.165, 1.54) is 7.11 Å². The average Bonchev–Trinajstić information content (AvgIpc) is 3.20. The van der Waals surface area contributed by atoms with Crippen LogP contribution in [0.3, 0.4) is 0 Å². The smallest absolute Gasteiger partial charge is 0.409 e. The minimum atomic E-state index is -0.343. The molecule has 4 N–H and O–H groups in total. The Morgan fingerprint density at radius 1 is 0.875 bits per heavy atom. The third-order valence-corrected chi connectivity index (χ3v) is 7.90. The fraction of sp³-hybridized carbons (Fsp3) is 0.516. The summed E-state index contributed by atoms with van der Waals surface area (Å²) < 4.78 is 4.91. The van der Waals surface area contributed by atoms with Gasteiger partial charge in [0.25, 0.3) is 11.8 Å². The Morgan fingerprint density at radius 2 is 1.55 bits per heavy atom. The van der Waals surface area contributed by atoms with Crippen LogP contribution in [-0.2, 0) is 10.2 Å². The number of carbonyl (C=O) groups is 3. The molecule has 0 radical (unpaired) electrons. The largest absolute Gasteiger partial charge is 0.453 e. The maximum absolute atomic E-state index is 13.4. The standard InChI is InChI=1S/C31H43N5O4/c1-31(2,3)23-9-6-21(7-10-23)28(37)34-26-20-22(29(38)33-25-13-11-24(32)12-14-25)8-15-27(26)35-16-5-17-36(19-18-35)30(39)40-4/h6-10,15,20,24-25H,5,11-14,16-19,32H2,1-4H3,(H,33,38)(H,34,37). The zero-order chi connectivity index (χ0) is 28.9. The first-order valence-corrected chi connectivity index (χ1v) is 14.3. The van der Waals surface area contributed by atoms with Gasteiger partial charge in [0.05, 0.1) is 18.5 Å². The van der Waals surface area contributed by atoms with Gasteiger partial charge in [-0.1, -0.05) is 32.9 Å². The Hall–Kier alpha value is -3.59. The lowest BCUT2D eigenvalue weighted by Gasteiger charge is -2.28. The zero-order valence-electron chi connectivity index (χ0n) is 24.2. The van der Waals surface area contributed by atoms with Gasteiger partial charge in [0.2, 0.25) is 0 Å². The lowest BCUT2D eigenvalue weighted by Crippen LogP contribution is -2.40. The van der Waals surface area contributed by atoms with Gasteiger partial charge in [0, 0.05) is 49.4 Å². The van der Waals surface area contributed by atoms with Crippen molar-refractivity contribution in [3.8, 4) is 0 Å². The normalized spacial score (nSPS) is 19.9. The van der Waals surface area contributed by atoms with Gasteiger partial charge in [0.1, 0.15) is 0 Å². The van der Waals surface area contributed by atoms with Crippen molar-refractivity contribution < 1.29 is 19.1 Å². The Morgan fingerprint density at radius 3 is 2.20 bits per heavy atom. The predicted octanol–water partition coefficient (Wildman–Crippen LogP) is 4.51. The summed E-state index contributed by atoms with van der Waals surface area (Å²) in [7, 11) is 1.39. The number of ether oxygens (including phenoxy) is 1. The van der Waals surface area contributed by atoms with Crippen molar-refractivity contribution in [1.29, 1.82) is 0 Å². The van der Waals surface area contributed by atoms with Crippen molar-refractivity contribution in [3.63, 3.8) is 0 Å². The van der Waals surface area contributed by atoms with Crippen molar-refractivity contribution in [1.82, 2.24) is 10.2 Å². The first kappa shape index (κ1) is 29.4. The number of rotatable bonds is 5. The second-order valence-corrected chi connectivity index (χ2v) is 11.9. The quantitative estimate of drug-likeness (QED) is 0.505. The first-order chi connectivity index (χ1) is 19.0. The highest BCUT2D eigenvalue weighted by atomic mass is 16.5. The van der Waals surface area contributed by atoms with Crippen LogP contribution in [0.15, 0.2) is 42.5 Å². The summed E-state index contributed by atoms with van der Waals surface area (Å²) in [5, 5.41) is 6.21. The van der Waals surface area contributed by atoms with Gasteiger partial charge < -0.3 is 30.9 Å². The number of carbonyl (C=O) groups excluding carboxylic acids is 3. The van der Waals surface area contributed by atoms with Crippen LogP contribution in [-0.4, -0.2) is 68.2 Å². The molecule has 2 aromatic rings. The Kier molecular flexibility index (Phi) is 9.35. The number of nitrogens with one attached hydrogen (secondary N) is 2. The van der Waals surface area contributed by atoms with E-state index in [9.17, 15) is 14.4 Å². The monoisotopic (exact) mass is 549 g/mol. The molecule has 1 heterocycles. The summed E-state index contributed by atoms with van der Waals surface area (Å²) >= 11 is 0. The van der Waals surface area contributed by atoms with Gasteiger partial charge in [-0.2, -0.15) is 0 Å². The van der Waals surface area contributed by atoms with Crippen LogP contribution < -0.4 is 21.3 Å². The SMILES string of the molecule is COC(=O)N1CCCN(c2ccc(C(=O)NC3CCC(N)CC3)cc2NC(=O)c2ccc(C(C)(C)C)cc2)CC1. The van der Waals surface area contributed by atoms with Crippen molar-refractivity contribution in [2.45, 2.75) is 70.4 Å². The van der Waals surface area contributed by atoms with Crippen molar-refractivity contribution in [2.24, 2.45) is 5.73 Å². The Bertz CT molecular complexity index is 1200. The molecule has 0 atom stereocenters. The lowest BCUT2D eigenvalue weighted by atomic mass is 9.86. The molecular formula is C31H43N5O4. The number of nitrogens with two attached hydrogens (primary N) is 1. The van der Waals surface area contributed by atoms with Crippen LogP contribution in [0.25, 0.3) is 0 Å². The van der Waals surface area contributed by atoms with E-state index in [1.54, 1.807) is 17.0 Å². The van der Waals surface area contributed by atoms with Gasteiger partial charge in [-0.25, -0.2) is 4.79 Å². The molecule has 2 aliphatic rings. The molecule has 216 valence electrons. The minimum Gasteiger partial charge on any atom is -0.453 e. The molecular weight excluding hydrogens is 506 g/mol. The van der Waals surface area contributed by atoms with Crippen LogP contribution in [0.4, 0.5) is 16.2 Å². The molecule has 0 spiro atoms. The van der Waals surface area contributed by atoms with E-state index in [0.717, 1.165) is 43.4 Å². The number of hydrogen-bond donors (Lipinski definition) is 3. The molecule has 1 saturated carbocycles. The number of amides is 3. The average molecular weight is 550 g/mol. The molecule has 2 aromatic carbocycles. The van der Waals surface area contributed by atoms with E-state index in [1.807, 2.05) is 30.3 Å². The van der Waals surface area contributed by atoms with E-state index < -0.39 is 0 Å². The fourth-order valence-electron chi connectivity index (χ4n) is 5.37. The van der Waals surface area contributed by atoms with Crippen LogP contribution in [0.5, 0.6) is 0 Å². The van der Waals surface area contributed by atoms with Crippen LogP contribution in [0.1, 0.15) is 79.2 Å². The number of benzene rings is 2. The van der Waals surface area contributed by atoms with Gasteiger partial charge in [-0.05, 0) is 73.4 Å². The second kappa shape index (κ2) is 12.7. The number of hydrogen-bond acceptors (Lipinski definition) is 6. The molecule has 40 heavy (non-hydrogen) atoms. The van der Waals surface area contributed by atoms with Gasteiger partial charge in [-0.15, -0.1) is 0 Å². The molecule has 9 nitrogen and oxygen atoms in total. The number of methoxy groups -OCH3 is 1. The molecule has 1 aliphatic heterocycles. The number of anilines is 2. The van der Waals surface area contributed by atoms with E-state index in [4.69, 9.17) is 10.5 Å². The third-order valence-electron chi connectivity index (χ3n) is 7.90. The second-order valence-electron chi connectivity index (χ2n) is 11.9. The van der Waals surface area contributed by atoms with Crippen LogP contribution in [0.2, 0.25) is 0 Å². The Balaban J connectivity index is 1.58. The van der Waals surface area contributed by atoms with Crippen LogP contribution in [0, 0.1) is 0 Å². The minimum absolute atomic E-state index is 0.0158. The first-order valence-electron chi connectivity index (χ1n) is 14.3. The number of nitrogens with zero attached hydrogens (tertiary/aromatic N) is 2. The highest BCUT2D eigenvalue weighted by molar-refractivity contribution is 6.07. The van der Waals surface area contributed by atoms with E-state index in [2.05, 4.69) is 36.3 Å². The van der Waals surface area contributed by atoms with Gasteiger partial charge in [0.15, 0.2) is 0 Å². The maximum atomic E-state index is 13.4. The summed E-state index contributed by atoms with van der Waals surface area (Å²) in [6.45, 7) is 8.77. The van der Waals surface area contributed by atoms with E-state index in [0.29, 0.717) is 43.0 Å². The molecule has 3 amide bonds. The van der Waals surface area contributed by atoms with Crippen molar-refractivity contribution in [3.05, 3.63) is 59.2 Å². The summed E-state index contributed by atoms with van der Waals surface area (Å²) in [6, 6.07) is 13.4. The summed E-state index contributed by atoms with van der Waals surface area (Å²) in [6.07, 6.45) is 3.94. The topological polar surface area (TPSA) is 117 Å². The molecule has 1 saturated heterocycles. The molecule has 0 bridgehead atoms. The molecule has 1 aliphatic carbocycles. The Labute approximate surface area is 237 Å². The molecule has 4 rings (SSSR count). The lowest BCUT2D eigenvalue weighted by molar-refractivity contribution is 0.0924. The molecule has 2 fully saturated rings. The highest BCUT2D eigenvalue weighted by Gasteiger charge is 2.24. The predicted molar refractivity (Wildman–Crippen MR) is 158 cm³/mol. The maximum Gasteiger partial charge on any atom is 0.409 e. The van der Waals surface area contributed by atoms with Gasteiger partial charge >= 0.3 is 6.09 Å².